The Bertz CT molecular complexity index is 268. The van der Waals surface area contributed by atoms with Gasteiger partial charge in [-0.25, -0.2) is 0 Å². The summed E-state index contributed by atoms with van der Waals surface area (Å²) >= 11 is 0. The van der Waals surface area contributed by atoms with Crippen molar-refractivity contribution in [2.75, 3.05) is 13.2 Å². The molecule has 0 amide bonds. The van der Waals surface area contributed by atoms with E-state index in [0.29, 0.717) is 23.2 Å². The molecule has 20 heavy (non-hydrogen) atoms. The average Bonchev–Trinajstić information content (AvgIpc) is 2.28. The summed E-state index contributed by atoms with van der Waals surface area (Å²) in [5.41, 5.74) is 1.41. The second-order valence-electron chi connectivity index (χ2n) is 6.29. The van der Waals surface area contributed by atoms with Gasteiger partial charge in [0.25, 0.3) is 0 Å². The van der Waals surface area contributed by atoms with Crippen LogP contribution in [0.25, 0.3) is 0 Å². The van der Waals surface area contributed by atoms with Crippen LogP contribution in [-0.4, -0.2) is 38.7 Å². The Balaban J connectivity index is 4.66. The van der Waals surface area contributed by atoms with E-state index in [1.54, 1.807) is 6.92 Å². The summed E-state index contributed by atoms with van der Waals surface area (Å²) in [4.78, 5) is 11.4. The predicted octanol–water partition coefficient (Wildman–Crippen LogP) is 3.49. The lowest BCUT2D eigenvalue weighted by atomic mass is 10.3. The van der Waals surface area contributed by atoms with Crippen LogP contribution in [0.3, 0.4) is 0 Å². The topological polar surface area (TPSA) is 55.8 Å². The highest BCUT2D eigenvalue weighted by Crippen LogP contribution is 2.42. The maximum absolute atomic E-state index is 11.4. The second-order valence-corrected chi connectivity index (χ2v) is 11.8. The van der Waals surface area contributed by atoms with Crippen LogP contribution < -0.4 is 0 Å². The first kappa shape index (κ1) is 19.6. The number of aliphatic hydroxyl groups excluding tert-OH is 1. The second kappa shape index (κ2) is 8.80. The largest absolute Gasteiger partial charge is 0.466 e. The third-order valence-electron chi connectivity index (χ3n) is 3.94. The van der Waals surface area contributed by atoms with Crippen molar-refractivity contribution in [2.45, 2.75) is 77.6 Å². The minimum Gasteiger partial charge on any atom is -0.466 e. The Kier molecular flexibility index (Phi) is 8.62. The molecule has 1 atom stereocenters. The molecule has 0 aromatic rings. The van der Waals surface area contributed by atoms with Crippen molar-refractivity contribution < 1.29 is 19.1 Å². The van der Waals surface area contributed by atoms with Crippen molar-refractivity contribution in [1.29, 1.82) is 0 Å². The van der Waals surface area contributed by atoms with Crippen LogP contribution in [0.15, 0.2) is 0 Å². The molecule has 4 nitrogen and oxygen atoms in total. The van der Waals surface area contributed by atoms with Crippen molar-refractivity contribution in [3.8, 4) is 0 Å². The monoisotopic (exact) mass is 304 g/mol. The Hall–Kier alpha value is -0.393. The average molecular weight is 305 g/mol. The SMILES string of the molecule is CCOC(=O)CC(O)CO[Si](C(C)C)(C(C)C)C(C)C. The molecule has 1 unspecified atom stereocenters. The van der Waals surface area contributed by atoms with Gasteiger partial charge in [-0.3, -0.25) is 4.79 Å². The lowest BCUT2D eigenvalue weighted by molar-refractivity contribution is -0.145. The van der Waals surface area contributed by atoms with Crippen LogP contribution in [0.2, 0.25) is 16.6 Å². The van der Waals surface area contributed by atoms with Gasteiger partial charge >= 0.3 is 5.97 Å². The van der Waals surface area contributed by atoms with Crippen LogP contribution >= 0.6 is 0 Å². The van der Waals surface area contributed by atoms with Gasteiger partial charge in [0.05, 0.1) is 25.7 Å². The van der Waals surface area contributed by atoms with E-state index in [4.69, 9.17) is 9.16 Å². The highest BCUT2D eigenvalue weighted by atomic mass is 28.4. The third kappa shape index (κ3) is 5.18. The van der Waals surface area contributed by atoms with Gasteiger partial charge in [0, 0.05) is 0 Å². The number of hydrogen-bond acceptors (Lipinski definition) is 4. The van der Waals surface area contributed by atoms with Gasteiger partial charge < -0.3 is 14.3 Å². The number of aliphatic hydroxyl groups is 1. The molecule has 0 spiro atoms. The molecule has 0 aliphatic rings. The molecule has 0 saturated heterocycles. The summed E-state index contributed by atoms with van der Waals surface area (Å²) in [6.07, 6.45) is -0.774. The fourth-order valence-corrected chi connectivity index (χ4v) is 8.69. The first-order valence-corrected chi connectivity index (χ1v) is 9.80. The summed E-state index contributed by atoms with van der Waals surface area (Å²) in [5, 5.41) is 9.95. The maximum Gasteiger partial charge on any atom is 0.308 e. The van der Waals surface area contributed by atoms with Gasteiger partial charge in [0.2, 0.25) is 0 Å². The van der Waals surface area contributed by atoms with Crippen LogP contribution in [0.1, 0.15) is 54.9 Å². The molecule has 0 fully saturated rings. The lowest BCUT2D eigenvalue weighted by Gasteiger charge is -2.42. The lowest BCUT2D eigenvalue weighted by Crippen LogP contribution is -2.49. The van der Waals surface area contributed by atoms with Crippen molar-refractivity contribution in [1.82, 2.24) is 0 Å². The van der Waals surface area contributed by atoms with E-state index in [-0.39, 0.29) is 19.0 Å². The molecule has 0 aliphatic heterocycles. The van der Waals surface area contributed by atoms with Crippen molar-refractivity contribution in [3.63, 3.8) is 0 Å². The van der Waals surface area contributed by atoms with Crippen LogP contribution in [0, 0.1) is 0 Å². The van der Waals surface area contributed by atoms with Crippen molar-refractivity contribution >= 4 is 14.3 Å². The predicted molar refractivity (Wildman–Crippen MR) is 84.3 cm³/mol. The van der Waals surface area contributed by atoms with Crippen molar-refractivity contribution in [2.24, 2.45) is 0 Å². The zero-order valence-electron chi connectivity index (χ0n) is 14.1. The van der Waals surface area contributed by atoms with Crippen molar-refractivity contribution in [3.05, 3.63) is 0 Å². The van der Waals surface area contributed by atoms with Gasteiger partial charge in [-0.2, -0.15) is 0 Å². The molecule has 0 aromatic carbocycles. The Labute approximate surface area is 125 Å². The minimum atomic E-state index is -1.97. The number of esters is 1. The van der Waals surface area contributed by atoms with Crippen LogP contribution in [0.4, 0.5) is 0 Å². The summed E-state index contributed by atoms with van der Waals surface area (Å²) in [7, 11) is -1.97. The number of rotatable bonds is 9. The molecule has 5 heteroatoms. The molecule has 0 aliphatic carbocycles. The number of carbonyl (C=O) groups is 1. The van der Waals surface area contributed by atoms with Gasteiger partial charge in [-0.05, 0) is 23.5 Å². The van der Waals surface area contributed by atoms with Gasteiger partial charge in [-0.1, -0.05) is 41.5 Å². The highest BCUT2D eigenvalue weighted by Gasteiger charge is 2.45. The van der Waals surface area contributed by atoms with E-state index in [9.17, 15) is 9.90 Å². The molecular formula is C15H32O4Si. The van der Waals surface area contributed by atoms with Crippen LogP contribution in [0.5, 0.6) is 0 Å². The fraction of sp³-hybridized carbons (Fsp3) is 0.933. The van der Waals surface area contributed by atoms with E-state index in [1.165, 1.54) is 0 Å². The molecular weight excluding hydrogens is 272 g/mol. The Morgan fingerprint density at radius 1 is 1.05 bits per heavy atom. The van der Waals surface area contributed by atoms with Gasteiger partial charge in [0.15, 0.2) is 8.32 Å². The first-order valence-electron chi connectivity index (χ1n) is 7.66. The molecule has 120 valence electrons. The molecule has 0 aromatic heterocycles. The Morgan fingerprint density at radius 3 is 1.85 bits per heavy atom. The summed E-state index contributed by atoms with van der Waals surface area (Å²) in [5.74, 6) is -0.366. The van der Waals surface area contributed by atoms with Gasteiger partial charge in [0.1, 0.15) is 0 Å². The molecule has 0 heterocycles. The summed E-state index contributed by atoms with van der Waals surface area (Å²) in [6, 6.07) is 0. The van der Waals surface area contributed by atoms with E-state index >= 15 is 0 Å². The van der Waals surface area contributed by atoms with Gasteiger partial charge in [-0.15, -0.1) is 0 Å². The minimum absolute atomic E-state index is 0.00655. The highest BCUT2D eigenvalue weighted by molar-refractivity contribution is 6.77. The van der Waals surface area contributed by atoms with Crippen LogP contribution in [-0.2, 0) is 14.0 Å². The molecule has 1 N–H and O–H groups in total. The summed E-state index contributed by atoms with van der Waals surface area (Å²) < 4.78 is 11.1. The zero-order chi connectivity index (χ0) is 15.9. The van der Waals surface area contributed by atoms with E-state index in [0.717, 1.165) is 0 Å². The zero-order valence-corrected chi connectivity index (χ0v) is 15.1. The van der Waals surface area contributed by atoms with E-state index in [1.807, 2.05) is 0 Å². The quantitative estimate of drug-likeness (QED) is 0.523. The molecule has 0 saturated carbocycles. The first-order chi connectivity index (χ1) is 9.18. The number of hydrogen-bond donors (Lipinski definition) is 1. The standard InChI is InChI=1S/C15H32O4Si/c1-8-18-15(17)9-14(16)10-19-20(11(2)3,12(4)5)13(6)7/h11-14,16H,8-10H2,1-7H3. The molecule has 0 radical (unpaired) electrons. The van der Waals surface area contributed by atoms with E-state index in [2.05, 4.69) is 41.5 Å². The summed E-state index contributed by atoms with van der Waals surface area (Å²) in [6.45, 7) is 15.5. The third-order valence-corrected chi connectivity index (χ3v) is 10.0. The van der Waals surface area contributed by atoms with E-state index < -0.39 is 14.4 Å². The smallest absolute Gasteiger partial charge is 0.308 e. The molecule has 0 bridgehead atoms. The molecule has 0 rings (SSSR count). The normalized spacial score (nSPS) is 14.2. The maximum atomic E-state index is 11.4. The Morgan fingerprint density at radius 2 is 1.50 bits per heavy atom. The number of ether oxygens (including phenoxy) is 1. The fourth-order valence-electron chi connectivity index (χ4n) is 3.21. The number of carbonyl (C=O) groups excluding carboxylic acids is 1.